The third-order valence-electron chi connectivity index (χ3n) is 2.22. The fourth-order valence-corrected chi connectivity index (χ4v) is 1.51. The van der Waals surface area contributed by atoms with Crippen LogP contribution in [-0.4, -0.2) is 9.78 Å². The molecule has 0 aliphatic rings. The molecule has 1 heterocycles. The monoisotopic (exact) mass is 238 g/mol. The molecule has 0 N–H and O–H groups in total. The van der Waals surface area contributed by atoms with Crippen LogP contribution in [0.15, 0.2) is 35.3 Å². The van der Waals surface area contributed by atoms with Crippen molar-refractivity contribution in [2.45, 2.75) is 6.92 Å². The van der Waals surface area contributed by atoms with E-state index in [1.165, 1.54) is 0 Å². The molecule has 0 unspecified atom stereocenters. The summed E-state index contributed by atoms with van der Waals surface area (Å²) in [6.07, 6.45) is 0.927. The molecule has 0 saturated heterocycles. The van der Waals surface area contributed by atoms with Crippen LogP contribution in [-0.2, 0) is 0 Å². The standard InChI is InChI=1S/C11H8ClFN2O/c1-7-4-2-3-5-9(7)15-11(16)10(12)8(13)6-14-15/h2-6H,1H3. The van der Waals surface area contributed by atoms with Gasteiger partial charge in [-0.2, -0.15) is 9.78 Å². The van der Waals surface area contributed by atoms with Crippen molar-refractivity contribution >= 4 is 11.6 Å². The summed E-state index contributed by atoms with van der Waals surface area (Å²) in [4.78, 5) is 11.7. The summed E-state index contributed by atoms with van der Waals surface area (Å²) in [5, 5.41) is 3.27. The normalized spacial score (nSPS) is 10.4. The number of nitrogens with zero attached hydrogens (tertiary/aromatic N) is 2. The smallest absolute Gasteiger partial charge is 0.266 e. The number of aryl methyl sites for hydroxylation is 1. The summed E-state index contributed by atoms with van der Waals surface area (Å²) in [6.45, 7) is 1.83. The van der Waals surface area contributed by atoms with Gasteiger partial charge in [-0.15, -0.1) is 0 Å². The first-order chi connectivity index (χ1) is 7.61. The Bertz CT molecular complexity index is 595. The Morgan fingerprint density at radius 3 is 2.75 bits per heavy atom. The minimum Gasteiger partial charge on any atom is -0.266 e. The summed E-state index contributed by atoms with van der Waals surface area (Å²) in [5.41, 5.74) is 0.796. The number of hydrogen-bond acceptors (Lipinski definition) is 2. The first-order valence-electron chi connectivity index (χ1n) is 4.60. The number of benzene rings is 1. The molecular weight excluding hydrogens is 231 g/mol. The summed E-state index contributed by atoms with van der Waals surface area (Å²) in [7, 11) is 0. The maximum absolute atomic E-state index is 13.0. The van der Waals surface area contributed by atoms with Gasteiger partial charge in [-0.1, -0.05) is 29.8 Å². The Hall–Kier alpha value is -1.68. The van der Waals surface area contributed by atoms with Gasteiger partial charge in [0.05, 0.1) is 11.9 Å². The minimum absolute atomic E-state index is 0.446. The molecule has 0 bridgehead atoms. The third-order valence-corrected chi connectivity index (χ3v) is 2.56. The van der Waals surface area contributed by atoms with Crippen LogP contribution < -0.4 is 5.56 Å². The third kappa shape index (κ3) is 1.72. The van der Waals surface area contributed by atoms with Gasteiger partial charge < -0.3 is 0 Å². The van der Waals surface area contributed by atoms with Crippen LogP contribution in [0.3, 0.4) is 0 Å². The zero-order chi connectivity index (χ0) is 11.7. The van der Waals surface area contributed by atoms with Crippen molar-refractivity contribution < 1.29 is 4.39 Å². The molecule has 5 heteroatoms. The van der Waals surface area contributed by atoms with Crippen molar-refractivity contribution in [1.82, 2.24) is 9.78 Å². The first-order valence-corrected chi connectivity index (χ1v) is 4.98. The molecule has 0 saturated carbocycles. The molecule has 2 aromatic rings. The van der Waals surface area contributed by atoms with E-state index < -0.39 is 16.4 Å². The fourth-order valence-electron chi connectivity index (χ4n) is 1.39. The summed E-state index contributed by atoms with van der Waals surface area (Å²) >= 11 is 5.54. The Labute approximate surface area is 96.1 Å². The quantitative estimate of drug-likeness (QED) is 0.764. The van der Waals surface area contributed by atoms with E-state index in [4.69, 9.17) is 11.6 Å². The van der Waals surface area contributed by atoms with Gasteiger partial charge in [-0.05, 0) is 18.6 Å². The SMILES string of the molecule is Cc1ccccc1-n1ncc(F)c(Cl)c1=O. The Morgan fingerprint density at radius 2 is 2.06 bits per heavy atom. The van der Waals surface area contributed by atoms with Gasteiger partial charge >= 0.3 is 0 Å². The largest absolute Gasteiger partial charge is 0.293 e. The van der Waals surface area contributed by atoms with E-state index in [1.54, 1.807) is 12.1 Å². The highest BCUT2D eigenvalue weighted by Crippen LogP contribution is 2.12. The van der Waals surface area contributed by atoms with E-state index in [0.29, 0.717) is 5.69 Å². The van der Waals surface area contributed by atoms with Gasteiger partial charge in [-0.25, -0.2) is 4.39 Å². The highest BCUT2D eigenvalue weighted by Gasteiger charge is 2.10. The molecule has 0 amide bonds. The van der Waals surface area contributed by atoms with Crippen LogP contribution in [0.1, 0.15) is 5.56 Å². The minimum atomic E-state index is -0.809. The van der Waals surface area contributed by atoms with Gasteiger partial charge in [0.2, 0.25) is 0 Å². The van der Waals surface area contributed by atoms with E-state index >= 15 is 0 Å². The molecule has 0 atom stereocenters. The molecule has 0 aliphatic heterocycles. The summed E-state index contributed by atoms with van der Waals surface area (Å²) in [6, 6.07) is 7.17. The van der Waals surface area contributed by atoms with Crippen LogP contribution in [0.2, 0.25) is 5.02 Å². The summed E-state index contributed by atoms with van der Waals surface area (Å²) in [5.74, 6) is -0.809. The van der Waals surface area contributed by atoms with Crippen LogP contribution in [0.25, 0.3) is 5.69 Å². The zero-order valence-electron chi connectivity index (χ0n) is 8.45. The van der Waals surface area contributed by atoms with Gasteiger partial charge in [-0.3, -0.25) is 4.79 Å². The van der Waals surface area contributed by atoms with Gasteiger partial charge in [0.15, 0.2) is 5.82 Å². The molecule has 16 heavy (non-hydrogen) atoms. The Balaban J connectivity index is 2.72. The van der Waals surface area contributed by atoms with E-state index in [0.717, 1.165) is 16.4 Å². The van der Waals surface area contributed by atoms with Crippen LogP contribution in [0.5, 0.6) is 0 Å². The predicted octanol–water partition coefficient (Wildman–Crippen LogP) is 2.33. The average Bonchev–Trinajstić information content (AvgIpc) is 2.28. The zero-order valence-corrected chi connectivity index (χ0v) is 9.20. The molecule has 0 aliphatic carbocycles. The number of aromatic nitrogens is 2. The maximum atomic E-state index is 13.0. The molecular formula is C11H8ClFN2O. The predicted molar refractivity (Wildman–Crippen MR) is 59.5 cm³/mol. The topological polar surface area (TPSA) is 34.9 Å². The first kappa shape index (κ1) is 10.8. The second kappa shape index (κ2) is 4.06. The van der Waals surface area contributed by atoms with Crippen molar-refractivity contribution in [3.05, 3.63) is 57.2 Å². The van der Waals surface area contributed by atoms with Crippen molar-refractivity contribution in [1.29, 1.82) is 0 Å². The lowest BCUT2D eigenvalue weighted by Crippen LogP contribution is -2.23. The van der Waals surface area contributed by atoms with Crippen LogP contribution in [0, 0.1) is 12.7 Å². The van der Waals surface area contributed by atoms with Crippen molar-refractivity contribution in [3.63, 3.8) is 0 Å². The lowest BCUT2D eigenvalue weighted by Gasteiger charge is -2.07. The van der Waals surface area contributed by atoms with Crippen molar-refractivity contribution in [3.8, 4) is 5.69 Å². The van der Waals surface area contributed by atoms with Crippen molar-refractivity contribution in [2.75, 3.05) is 0 Å². The molecule has 82 valence electrons. The van der Waals surface area contributed by atoms with E-state index in [9.17, 15) is 9.18 Å². The van der Waals surface area contributed by atoms with Crippen molar-refractivity contribution in [2.24, 2.45) is 0 Å². The molecule has 0 fully saturated rings. The molecule has 1 aromatic carbocycles. The molecule has 3 nitrogen and oxygen atoms in total. The van der Waals surface area contributed by atoms with Crippen LogP contribution >= 0.6 is 11.6 Å². The highest BCUT2D eigenvalue weighted by molar-refractivity contribution is 6.30. The fraction of sp³-hybridized carbons (Fsp3) is 0.0909. The lowest BCUT2D eigenvalue weighted by molar-refractivity contribution is 0.601. The number of hydrogen-bond donors (Lipinski definition) is 0. The second-order valence-corrected chi connectivity index (χ2v) is 3.69. The number of rotatable bonds is 1. The Kier molecular flexibility index (Phi) is 2.75. The second-order valence-electron chi connectivity index (χ2n) is 3.31. The summed E-state index contributed by atoms with van der Waals surface area (Å²) < 4.78 is 14.1. The van der Waals surface area contributed by atoms with E-state index in [-0.39, 0.29) is 0 Å². The maximum Gasteiger partial charge on any atom is 0.293 e. The number of para-hydroxylation sites is 1. The van der Waals surface area contributed by atoms with E-state index in [1.807, 2.05) is 19.1 Å². The van der Waals surface area contributed by atoms with E-state index in [2.05, 4.69) is 5.10 Å². The molecule has 0 spiro atoms. The van der Waals surface area contributed by atoms with Gasteiger partial charge in [0.25, 0.3) is 5.56 Å². The average molecular weight is 239 g/mol. The molecule has 2 rings (SSSR count). The molecule has 0 radical (unpaired) electrons. The number of halogens is 2. The van der Waals surface area contributed by atoms with Gasteiger partial charge in [0.1, 0.15) is 5.02 Å². The molecule has 1 aromatic heterocycles. The lowest BCUT2D eigenvalue weighted by atomic mass is 10.2. The highest BCUT2D eigenvalue weighted by atomic mass is 35.5. The van der Waals surface area contributed by atoms with Crippen LogP contribution in [0.4, 0.5) is 4.39 Å². The Morgan fingerprint density at radius 1 is 1.38 bits per heavy atom. The van der Waals surface area contributed by atoms with Gasteiger partial charge in [0, 0.05) is 0 Å².